The molecule has 0 radical (unpaired) electrons. The number of hydrogen-bond acceptors (Lipinski definition) is 3. The van der Waals surface area contributed by atoms with E-state index in [9.17, 15) is 9.59 Å². The van der Waals surface area contributed by atoms with Crippen LogP contribution < -0.4 is 15.8 Å². The van der Waals surface area contributed by atoms with Gasteiger partial charge in [-0.25, -0.2) is 0 Å². The van der Waals surface area contributed by atoms with Crippen LogP contribution in [-0.2, 0) is 4.79 Å². The summed E-state index contributed by atoms with van der Waals surface area (Å²) in [5, 5.41) is 2.78. The Kier molecular flexibility index (Phi) is 5.15. The summed E-state index contributed by atoms with van der Waals surface area (Å²) in [7, 11) is 0. The third-order valence-electron chi connectivity index (χ3n) is 2.60. The predicted molar refractivity (Wildman–Crippen MR) is 88.2 cm³/mol. The van der Waals surface area contributed by atoms with Crippen LogP contribution in [0.5, 0.6) is 5.75 Å². The first-order valence-corrected chi connectivity index (χ1v) is 7.20. The second-order valence-corrected chi connectivity index (χ2v) is 5.49. The molecule has 2 aromatic carbocycles. The highest BCUT2D eigenvalue weighted by Gasteiger charge is 2.06. The van der Waals surface area contributed by atoms with Gasteiger partial charge in [0.15, 0.2) is 6.61 Å². The van der Waals surface area contributed by atoms with Crippen LogP contribution in [0.25, 0.3) is 0 Å². The number of carbonyl (C=O) groups excluding carboxylic acids is 2. The molecule has 0 unspecified atom stereocenters. The van der Waals surface area contributed by atoms with Crippen molar-refractivity contribution in [2.75, 3.05) is 11.9 Å². The molecule has 0 aliphatic heterocycles. The number of benzene rings is 2. The molecular formula is C15H13IN2O3. The third kappa shape index (κ3) is 4.75. The lowest BCUT2D eigenvalue weighted by Crippen LogP contribution is -2.20. The maximum atomic E-state index is 12.0. The SMILES string of the molecule is NC(=O)COc1ccc(NC(=O)c2ccc(I)cc2)cc1. The number of primary amides is 1. The number of anilines is 1. The molecule has 0 aliphatic rings. The molecule has 0 aliphatic carbocycles. The second-order valence-electron chi connectivity index (χ2n) is 4.24. The van der Waals surface area contributed by atoms with Crippen molar-refractivity contribution in [1.29, 1.82) is 0 Å². The molecule has 2 aromatic rings. The molecule has 0 atom stereocenters. The second kappa shape index (κ2) is 7.07. The normalized spacial score (nSPS) is 9.95. The number of halogens is 1. The lowest BCUT2D eigenvalue weighted by atomic mass is 10.2. The fraction of sp³-hybridized carbons (Fsp3) is 0.0667. The number of nitrogens with two attached hydrogens (primary N) is 1. The highest BCUT2D eigenvalue weighted by molar-refractivity contribution is 14.1. The average molecular weight is 396 g/mol. The fourth-order valence-corrected chi connectivity index (χ4v) is 1.95. The van der Waals surface area contributed by atoms with E-state index in [0.29, 0.717) is 17.0 Å². The lowest BCUT2D eigenvalue weighted by Gasteiger charge is -2.07. The Hall–Kier alpha value is -2.09. The van der Waals surface area contributed by atoms with E-state index >= 15 is 0 Å². The minimum atomic E-state index is -0.536. The molecular weight excluding hydrogens is 383 g/mol. The van der Waals surface area contributed by atoms with Crippen LogP contribution in [-0.4, -0.2) is 18.4 Å². The number of rotatable bonds is 5. The van der Waals surface area contributed by atoms with Crippen LogP contribution in [0.2, 0.25) is 0 Å². The topological polar surface area (TPSA) is 81.4 Å². The average Bonchev–Trinajstić information content (AvgIpc) is 2.47. The Bertz CT molecular complexity index is 639. The van der Waals surface area contributed by atoms with Gasteiger partial charge in [0.2, 0.25) is 0 Å². The quantitative estimate of drug-likeness (QED) is 0.762. The number of hydrogen-bond donors (Lipinski definition) is 2. The van der Waals surface area contributed by atoms with Crippen molar-refractivity contribution in [1.82, 2.24) is 0 Å². The van der Waals surface area contributed by atoms with Gasteiger partial charge in [0.1, 0.15) is 5.75 Å². The molecule has 0 spiro atoms. The van der Waals surface area contributed by atoms with Gasteiger partial charge in [-0.05, 0) is 71.1 Å². The summed E-state index contributed by atoms with van der Waals surface area (Å²) in [6, 6.07) is 14.0. The molecule has 0 saturated heterocycles. The van der Waals surface area contributed by atoms with Crippen molar-refractivity contribution >= 4 is 40.1 Å². The van der Waals surface area contributed by atoms with Gasteiger partial charge in [0, 0.05) is 14.8 Å². The summed E-state index contributed by atoms with van der Waals surface area (Å²) in [5.74, 6) is -0.204. The zero-order chi connectivity index (χ0) is 15.2. The Morgan fingerprint density at radius 3 is 2.24 bits per heavy atom. The van der Waals surface area contributed by atoms with Crippen molar-refractivity contribution in [3.8, 4) is 5.75 Å². The van der Waals surface area contributed by atoms with E-state index in [4.69, 9.17) is 10.5 Å². The largest absolute Gasteiger partial charge is 0.484 e. The Balaban J connectivity index is 1.98. The van der Waals surface area contributed by atoms with Gasteiger partial charge in [-0.3, -0.25) is 9.59 Å². The molecule has 0 aromatic heterocycles. The van der Waals surface area contributed by atoms with Crippen LogP contribution in [0.3, 0.4) is 0 Å². The van der Waals surface area contributed by atoms with Crippen molar-refractivity contribution in [3.63, 3.8) is 0 Å². The minimum Gasteiger partial charge on any atom is -0.484 e. The molecule has 2 rings (SSSR count). The first-order valence-electron chi connectivity index (χ1n) is 6.12. The molecule has 0 bridgehead atoms. The maximum absolute atomic E-state index is 12.0. The number of amides is 2. The minimum absolute atomic E-state index is 0.172. The maximum Gasteiger partial charge on any atom is 0.255 e. The van der Waals surface area contributed by atoms with Gasteiger partial charge in [-0.2, -0.15) is 0 Å². The molecule has 108 valence electrons. The standard InChI is InChI=1S/C15H13IN2O3/c16-11-3-1-10(2-4-11)15(20)18-12-5-7-13(8-6-12)21-9-14(17)19/h1-8H,9H2,(H2,17,19)(H,18,20). The summed E-state index contributed by atoms with van der Waals surface area (Å²) in [6.07, 6.45) is 0. The van der Waals surface area contributed by atoms with Crippen molar-refractivity contribution in [2.24, 2.45) is 5.73 Å². The summed E-state index contributed by atoms with van der Waals surface area (Å²) >= 11 is 2.18. The van der Waals surface area contributed by atoms with Crippen LogP contribution in [0.15, 0.2) is 48.5 Å². The fourth-order valence-electron chi connectivity index (χ4n) is 1.59. The number of carbonyl (C=O) groups is 2. The van der Waals surface area contributed by atoms with Crippen molar-refractivity contribution in [3.05, 3.63) is 57.7 Å². The van der Waals surface area contributed by atoms with Crippen molar-refractivity contribution < 1.29 is 14.3 Å². The molecule has 6 heteroatoms. The number of ether oxygens (including phenoxy) is 1. The molecule has 0 saturated carbocycles. The first kappa shape index (κ1) is 15.3. The van der Waals surface area contributed by atoms with E-state index in [1.165, 1.54) is 0 Å². The van der Waals surface area contributed by atoms with E-state index in [1.807, 2.05) is 12.1 Å². The van der Waals surface area contributed by atoms with Crippen LogP contribution in [0.4, 0.5) is 5.69 Å². The summed E-state index contributed by atoms with van der Waals surface area (Å²) in [4.78, 5) is 22.6. The van der Waals surface area contributed by atoms with Gasteiger partial charge < -0.3 is 15.8 Å². The van der Waals surface area contributed by atoms with Gasteiger partial charge in [-0.15, -0.1) is 0 Å². The van der Waals surface area contributed by atoms with E-state index in [2.05, 4.69) is 27.9 Å². The zero-order valence-electron chi connectivity index (χ0n) is 11.0. The molecule has 5 nitrogen and oxygen atoms in total. The smallest absolute Gasteiger partial charge is 0.255 e. The third-order valence-corrected chi connectivity index (χ3v) is 3.32. The van der Waals surface area contributed by atoms with Crippen LogP contribution >= 0.6 is 22.6 Å². The molecule has 21 heavy (non-hydrogen) atoms. The highest BCUT2D eigenvalue weighted by atomic mass is 127. The van der Waals surface area contributed by atoms with Crippen LogP contribution in [0, 0.1) is 3.57 Å². The van der Waals surface area contributed by atoms with Gasteiger partial charge in [0.25, 0.3) is 11.8 Å². The molecule has 2 amide bonds. The van der Waals surface area contributed by atoms with Crippen LogP contribution in [0.1, 0.15) is 10.4 Å². The predicted octanol–water partition coefficient (Wildman–Crippen LogP) is 2.41. The first-order chi connectivity index (χ1) is 10.0. The van der Waals surface area contributed by atoms with Gasteiger partial charge >= 0.3 is 0 Å². The van der Waals surface area contributed by atoms with Gasteiger partial charge in [-0.1, -0.05) is 0 Å². The van der Waals surface area contributed by atoms with E-state index in [-0.39, 0.29) is 12.5 Å². The molecule has 0 fully saturated rings. The van der Waals surface area contributed by atoms with Crippen molar-refractivity contribution in [2.45, 2.75) is 0 Å². The summed E-state index contributed by atoms with van der Waals surface area (Å²) in [5.41, 5.74) is 6.22. The van der Waals surface area contributed by atoms with E-state index in [1.54, 1.807) is 36.4 Å². The number of nitrogens with one attached hydrogen (secondary N) is 1. The Morgan fingerprint density at radius 2 is 1.67 bits per heavy atom. The summed E-state index contributed by atoms with van der Waals surface area (Å²) < 4.78 is 6.21. The molecule has 3 N–H and O–H groups in total. The van der Waals surface area contributed by atoms with E-state index < -0.39 is 5.91 Å². The Labute approximate surface area is 135 Å². The van der Waals surface area contributed by atoms with E-state index in [0.717, 1.165) is 3.57 Å². The highest BCUT2D eigenvalue weighted by Crippen LogP contribution is 2.16. The zero-order valence-corrected chi connectivity index (χ0v) is 13.2. The lowest BCUT2D eigenvalue weighted by molar-refractivity contribution is -0.119. The Morgan fingerprint density at radius 1 is 1.05 bits per heavy atom. The summed E-state index contributed by atoms with van der Waals surface area (Å²) in [6.45, 7) is -0.172. The molecule has 0 heterocycles. The monoisotopic (exact) mass is 396 g/mol. The van der Waals surface area contributed by atoms with Gasteiger partial charge in [0.05, 0.1) is 0 Å².